The molecule has 0 aliphatic heterocycles. The number of rotatable bonds is 4. The Balaban J connectivity index is 2.09. The van der Waals surface area contributed by atoms with Crippen molar-refractivity contribution in [3.63, 3.8) is 0 Å². The molecule has 2 aromatic carbocycles. The minimum absolute atomic E-state index is 0.0601. The highest BCUT2D eigenvalue weighted by Gasteiger charge is 2.16. The van der Waals surface area contributed by atoms with Gasteiger partial charge in [-0.15, -0.1) is 11.8 Å². The van der Waals surface area contributed by atoms with E-state index in [-0.39, 0.29) is 16.9 Å². The molecule has 1 nitrogen and oxygen atoms in total. The summed E-state index contributed by atoms with van der Waals surface area (Å²) in [6, 6.07) is 15.4. The first-order valence-electron chi connectivity index (χ1n) is 5.68. The lowest BCUT2D eigenvalue weighted by molar-refractivity contribution is 0.0994. The zero-order valence-electron chi connectivity index (χ0n) is 9.97. The Labute approximate surface area is 110 Å². The molecule has 0 aromatic heterocycles. The molecular weight excluding hydrogens is 247 g/mol. The molecule has 0 spiro atoms. The van der Waals surface area contributed by atoms with Crippen LogP contribution in [0.15, 0.2) is 59.5 Å². The highest BCUT2D eigenvalue weighted by atomic mass is 32.2. The van der Waals surface area contributed by atoms with Crippen LogP contribution in [0.2, 0.25) is 0 Å². The van der Waals surface area contributed by atoms with Crippen LogP contribution in [-0.2, 0) is 0 Å². The van der Waals surface area contributed by atoms with Crippen LogP contribution in [0, 0.1) is 5.82 Å². The van der Waals surface area contributed by atoms with E-state index in [9.17, 15) is 9.18 Å². The first-order chi connectivity index (χ1) is 8.66. The van der Waals surface area contributed by atoms with Crippen molar-refractivity contribution in [1.82, 2.24) is 0 Å². The van der Waals surface area contributed by atoms with Crippen LogP contribution in [0.3, 0.4) is 0 Å². The number of carbonyl (C=O) groups excluding carboxylic acids is 1. The van der Waals surface area contributed by atoms with E-state index in [0.717, 1.165) is 4.90 Å². The molecule has 92 valence electrons. The first kappa shape index (κ1) is 12.8. The Hall–Kier alpha value is -1.61. The molecule has 0 bridgehead atoms. The van der Waals surface area contributed by atoms with Crippen LogP contribution >= 0.6 is 11.8 Å². The maximum atomic E-state index is 13.0. The fraction of sp³-hybridized carbons (Fsp3) is 0.133. The third-order valence-corrected chi connectivity index (χ3v) is 3.63. The standard InChI is InChI=1S/C15H13FOS/c1-11(15(17)12-6-3-2-4-7-12)18-14-9-5-8-13(16)10-14/h2-11H,1H3. The predicted molar refractivity (Wildman–Crippen MR) is 72.5 cm³/mol. The van der Waals surface area contributed by atoms with Gasteiger partial charge in [0.2, 0.25) is 0 Å². The Morgan fingerprint density at radius 1 is 1.11 bits per heavy atom. The Bertz CT molecular complexity index is 539. The van der Waals surface area contributed by atoms with E-state index >= 15 is 0 Å². The number of thioether (sulfide) groups is 1. The van der Waals surface area contributed by atoms with Crippen molar-refractivity contribution in [2.24, 2.45) is 0 Å². The van der Waals surface area contributed by atoms with Gasteiger partial charge in [0.05, 0.1) is 5.25 Å². The molecule has 0 fully saturated rings. The predicted octanol–water partition coefficient (Wildman–Crippen LogP) is 4.19. The van der Waals surface area contributed by atoms with E-state index in [4.69, 9.17) is 0 Å². The van der Waals surface area contributed by atoms with Crippen LogP contribution in [-0.4, -0.2) is 11.0 Å². The minimum atomic E-state index is -0.278. The number of halogens is 1. The summed E-state index contributed by atoms with van der Waals surface area (Å²) < 4.78 is 13.0. The second-order valence-corrected chi connectivity index (χ2v) is 5.36. The summed E-state index contributed by atoms with van der Waals surface area (Å²) in [5, 5.41) is -0.228. The largest absolute Gasteiger partial charge is 0.293 e. The van der Waals surface area contributed by atoms with Gasteiger partial charge < -0.3 is 0 Å². The molecule has 0 saturated heterocycles. The summed E-state index contributed by atoms with van der Waals surface area (Å²) in [5.41, 5.74) is 0.689. The molecule has 0 amide bonds. The van der Waals surface area contributed by atoms with Gasteiger partial charge in [0.15, 0.2) is 5.78 Å². The lowest BCUT2D eigenvalue weighted by atomic mass is 10.1. The van der Waals surface area contributed by atoms with Gasteiger partial charge >= 0.3 is 0 Å². The molecular formula is C15H13FOS. The van der Waals surface area contributed by atoms with E-state index in [1.165, 1.54) is 23.9 Å². The number of ketones is 1. The van der Waals surface area contributed by atoms with E-state index in [0.29, 0.717) is 5.56 Å². The summed E-state index contributed by atoms with van der Waals surface area (Å²) in [5.74, 6) is -0.218. The Morgan fingerprint density at radius 2 is 1.83 bits per heavy atom. The maximum absolute atomic E-state index is 13.0. The molecule has 1 atom stereocenters. The van der Waals surface area contributed by atoms with Gasteiger partial charge in [0.25, 0.3) is 0 Å². The SMILES string of the molecule is CC(Sc1cccc(F)c1)C(=O)c1ccccc1. The molecule has 0 aliphatic rings. The average Bonchev–Trinajstić information content (AvgIpc) is 2.39. The van der Waals surface area contributed by atoms with E-state index in [2.05, 4.69) is 0 Å². The van der Waals surface area contributed by atoms with Crippen LogP contribution in [0.25, 0.3) is 0 Å². The molecule has 0 N–H and O–H groups in total. The van der Waals surface area contributed by atoms with Crippen molar-refractivity contribution in [1.29, 1.82) is 0 Å². The molecule has 0 radical (unpaired) electrons. The molecule has 1 unspecified atom stereocenters. The fourth-order valence-corrected chi connectivity index (χ4v) is 2.62. The van der Waals surface area contributed by atoms with Gasteiger partial charge in [-0.1, -0.05) is 36.4 Å². The number of benzene rings is 2. The van der Waals surface area contributed by atoms with Gasteiger partial charge in [-0.2, -0.15) is 0 Å². The molecule has 0 aliphatic carbocycles. The van der Waals surface area contributed by atoms with Gasteiger partial charge in [-0.3, -0.25) is 4.79 Å². The highest BCUT2D eigenvalue weighted by Crippen LogP contribution is 2.25. The second kappa shape index (κ2) is 5.83. The zero-order valence-corrected chi connectivity index (χ0v) is 10.8. The van der Waals surface area contributed by atoms with Crippen molar-refractivity contribution in [2.45, 2.75) is 17.1 Å². The summed E-state index contributed by atoms with van der Waals surface area (Å²) >= 11 is 1.37. The summed E-state index contributed by atoms with van der Waals surface area (Å²) in [6.07, 6.45) is 0. The molecule has 2 rings (SSSR count). The molecule has 0 saturated carbocycles. The van der Waals surface area contributed by atoms with E-state index in [1.807, 2.05) is 31.2 Å². The lowest BCUT2D eigenvalue weighted by Crippen LogP contribution is -2.13. The third-order valence-electron chi connectivity index (χ3n) is 2.54. The van der Waals surface area contributed by atoms with Crippen LogP contribution in [0.4, 0.5) is 4.39 Å². The molecule has 3 heteroatoms. The number of hydrogen-bond donors (Lipinski definition) is 0. The second-order valence-electron chi connectivity index (χ2n) is 3.95. The highest BCUT2D eigenvalue weighted by molar-refractivity contribution is 8.00. The van der Waals surface area contributed by atoms with Crippen molar-refractivity contribution in [2.75, 3.05) is 0 Å². The normalized spacial score (nSPS) is 12.1. The van der Waals surface area contributed by atoms with Gasteiger partial charge in [-0.25, -0.2) is 4.39 Å². The van der Waals surface area contributed by atoms with Crippen molar-refractivity contribution in [3.8, 4) is 0 Å². The fourth-order valence-electron chi connectivity index (χ4n) is 1.64. The Morgan fingerprint density at radius 3 is 2.50 bits per heavy atom. The molecule has 2 aromatic rings. The van der Waals surface area contributed by atoms with Crippen molar-refractivity contribution in [3.05, 3.63) is 66.0 Å². The summed E-state index contributed by atoms with van der Waals surface area (Å²) in [4.78, 5) is 12.9. The number of Topliss-reactive ketones (excluding diaryl/α,β-unsaturated/α-hetero) is 1. The smallest absolute Gasteiger partial charge is 0.175 e. The van der Waals surface area contributed by atoms with Crippen LogP contribution in [0.5, 0.6) is 0 Å². The lowest BCUT2D eigenvalue weighted by Gasteiger charge is -2.10. The van der Waals surface area contributed by atoms with Crippen molar-refractivity contribution >= 4 is 17.5 Å². The zero-order chi connectivity index (χ0) is 13.0. The minimum Gasteiger partial charge on any atom is -0.293 e. The van der Waals surface area contributed by atoms with Crippen molar-refractivity contribution < 1.29 is 9.18 Å². The number of hydrogen-bond acceptors (Lipinski definition) is 2. The summed E-state index contributed by atoms with van der Waals surface area (Å²) in [7, 11) is 0. The monoisotopic (exact) mass is 260 g/mol. The van der Waals surface area contributed by atoms with E-state index in [1.54, 1.807) is 18.2 Å². The van der Waals surface area contributed by atoms with Gasteiger partial charge in [0, 0.05) is 10.5 Å². The topological polar surface area (TPSA) is 17.1 Å². The third kappa shape index (κ3) is 3.20. The van der Waals surface area contributed by atoms with Crippen LogP contribution in [0.1, 0.15) is 17.3 Å². The first-order valence-corrected chi connectivity index (χ1v) is 6.56. The van der Waals surface area contributed by atoms with E-state index < -0.39 is 0 Å². The van der Waals surface area contributed by atoms with Gasteiger partial charge in [-0.05, 0) is 25.1 Å². The maximum Gasteiger partial charge on any atom is 0.175 e. The van der Waals surface area contributed by atoms with Crippen LogP contribution < -0.4 is 0 Å². The number of carbonyl (C=O) groups is 1. The van der Waals surface area contributed by atoms with Gasteiger partial charge in [0.1, 0.15) is 5.82 Å². The average molecular weight is 260 g/mol. The Kier molecular flexibility index (Phi) is 4.15. The summed E-state index contributed by atoms with van der Waals surface area (Å²) in [6.45, 7) is 1.84. The molecule has 0 heterocycles. The molecule has 18 heavy (non-hydrogen) atoms. The quantitative estimate of drug-likeness (QED) is 0.605.